The molecule has 0 amide bonds. The topological polar surface area (TPSA) is 60.9 Å². The third-order valence-electron chi connectivity index (χ3n) is 2.60. The lowest BCUT2D eigenvalue weighted by molar-refractivity contribution is -0.137. The highest BCUT2D eigenvalue weighted by Crippen LogP contribution is 2.30. The van der Waals surface area contributed by atoms with Gasteiger partial charge in [0.05, 0.1) is 23.0 Å². The zero-order chi connectivity index (χ0) is 14.2. The van der Waals surface area contributed by atoms with Crippen molar-refractivity contribution in [2.75, 3.05) is 5.73 Å². The smallest absolute Gasteiger partial charge is 0.383 e. The van der Waals surface area contributed by atoms with Crippen molar-refractivity contribution in [1.82, 2.24) is 9.78 Å². The van der Waals surface area contributed by atoms with E-state index in [1.165, 1.54) is 25.3 Å². The molecule has 1 heterocycles. The van der Waals surface area contributed by atoms with Crippen molar-refractivity contribution in [2.24, 2.45) is 0 Å². The number of carbonyl (C=O) groups excluding carboxylic acids is 1. The van der Waals surface area contributed by atoms with Crippen LogP contribution in [0.2, 0.25) is 0 Å². The number of anilines is 1. The summed E-state index contributed by atoms with van der Waals surface area (Å²) in [5.41, 5.74) is 5.22. The molecule has 0 aliphatic rings. The number of alkyl halides is 3. The van der Waals surface area contributed by atoms with Crippen LogP contribution in [-0.2, 0) is 6.18 Å². The van der Waals surface area contributed by atoms with E-state index in [0.29, 0.717) is 0 Å². The lowest BCUT2D eigenvalue weighted by Gasteiger charge is -2.09. The van der Waals surface area contributed by atoms with E-state index >= 15 is 0 Å². The SMILES string of the molecule is CC(=O)c1cnn(-c2cccc(C(F)(F)F)c2)c1N. The first-order valence-corrected chi connectivity index (χ1v) is 5.33. The number of halogens is 3. The van der Waals surface area contributed by atoms with Crippen LogP contribution in [0.4, 0.5) is 19.0 Å². The largest absolute Gasteiger partial charge is 0.416 e. The molecule has 2 rings (SSSR count). The van der Waals surface area contributed by atoms with Gasteiger partial charge in [-0.2, -0.15) is 18.3 Å². The summed E-state index contributed by atoms with van der Waals surface area (Å²) < 4.78 is 38.9. The van der Waals surface area contributed by atoms with Crippen LogP contribution in [0, 0.1) is 0 Å². The normalized spacial score (nSPS) is 11.6. The van der Waals surface area contributed by atoms with Gasteiger partial charge in [0.2, 0.25) is 0 Å². The molecule has 0 aliphatic heterocycles. The van der Waals surface area contributed by atoms with Crippen LogP contribution >= 0.6 is 0 Å². The molecule has 2 aromatic rings. The van der Waals surface area contributed by atoms with Crippen LogP contribution in [0.15, 0.2) is 30.5 Å². The molecule has 4 nitrogen and oxygen atoms in total. The molecule has 0 spiro atoms. The number of rotatable bonds is 2. The first kappa shape index (κ1) is 13.1. The summed E-state index contributed by atoms with van der Waals surface area (Å²) in [5.74, 6) is -0.275. The van der Waals surface area contributed by atoms with Gasteiger partial charge in [-0.15, -0.1) is 0 Å². The Balaban J connectivity index is 2.51. The van der Waals surface area contributed by atoms with Crippen LogP contribution in [0.5, 0.6) is 0 Å². The quantitative estimate of drug-likeness (QED) is 0.852. The Kier molecular flexibility index (Phi) is 3.05. The van der Waals surface area contributed by atoms with Gasteiger partial charge in [-0.1, -0.05) is 6.07 Å². The third-order valence-corrected chi connectivity index (χ3v) is 2.60. The molecular formula is C12H10F3N3O. The predicted octanol–water partition coefficient (Wildman–Crippen LogP) is 2.68. The number of nitrogen functional groups attached to an aromatic ring is 1. The fourth-order valence-corrected chi connectivity index (χ4v) is 1.65. The molecule has 0 atom stereocenters. The van der Waals surface area contributed by atoms with Gasteiger partial charge in [0.15, 0.2) is 5.78 Å². The van der Waals surface area contributed by atoms with Gasteiger partial charge in [0.1, 0.15) is 5.82 Å². The number of hydrogen-bond acceptors (Lipinski definition) is 3. The van der Waals surface area contributed by atoms with E-state index in [4.69, 9.17) is 5.73 Å². The maximum Gasteiger partial charge on any atom is 0.416 e. The zero-order valence-electron chi connectivity index (χ0n) is 9.90. The van der Waals surface area contributed by atoms with E-state index in [1.807, 2.05) is 0 Å². The minimum Gasteiger partial charge on any atom is -0.383 e. The van der Waals surface area contributed by atoms with Crippen LogP contribution in [0.1, 0.15) is 22.8 Å². The van der Waals surface area contributed by atoms with E-state index in [9.17, 15) is 18.0 Å². The van der Waals surface area contributed by atoms with Crippen molar-refractivity contribution in [3.05, 3.63) is 41.6 Å². The lowest BCUT2D eigenvalue weighted by Crippen LogP contribution is -2.08. The summed E-state index contributed by atoms with van der Waals surface area (Å²) in [7, 11) is 0. The monoisotopic (exact) mass is 269 g/mol. The van der Waals surface area contributed by atoms with Gasteiger partial charge in [-0.25, -0.2) is 4.68 Å². The molecule has 2 N–H and O–H groups in total. The Morgan fingerprint density at radius 3 is 2.58 bits per heavy atom. The Morgan fingerprint density at radius 2 is 2.05 bits per heavy atom. The summed E-state index contributed by atoms with van der Waals surface area (Å²) in [4.78, 5) is 11.2. The van der Waals surface area contributed by atoms with Gasteiger partial charge in [0, 0.05) is 0 Å². The number of nitrogens with zero attached hydrogens (tertiary/aromatic N) is 2. The number of Topliss-reactive ketones (excluding diaryl/α,β-unsaturated/α-hetero) is 1. The minimum absolute atomic E-state index is 0.0202. The van der Waals surface area contributed by atoms with E-state index in [0.717, 1.165) is 16.8 Å². The van der Waals surface area contributed by atoms with Crippen molar-refractivity contribution >= 4 is 11.6 Å². The van der Waals surface area contributed by atoms with Gasteiger partial charge >= 0.3 is 6.18 Å². The van der Waals surface area contributed by atoms with Crippen molar-refractivity contribution in [3.63, 3.8) is 0 Å². The Labute approximate surface area is 106 Å². The average Bonchev–Trinajstić information content (AvgIpc) is 2.70. The van der Waals surface area contributed by atoms with E-state index in [-0.39, 0.29) is 22.9 Å². The number of hydrogen-bond donors (Lipinski definition) is 1. The van der Waals surface area contributed by atoms with Crippen LogP contribution in [0.25, 0.3) is 5.69 Å². The highest BCUT2D eigenvalue weighted by Gasteiger charge is 2.30. The second kappa shape index (κ2) is 4.42. The maximum absolute atomic E-state index is 12.6. The maximum atomic E-state index is 12.6. The number of carbonyl (C=O) groups is 1. The molecule has 0 bridgehead atoms. The molecule has 0 saturated carbocycles. The number of benzene rings is 1. The van der Waals surface area contributed by atoms with E-state index < -0.39 is 11.7 Å². The van der Waals surface area contributed by atoms with Gasteiger partial charge in [-0.05, 0) is 25.1 Å². The second-order valence-electron chi connectivity index (χ2n) is 3.96. The van der Waals surface area contributed by atoms with Crippen LogP contribution in [0.3, 0.4) is 0 Å². The van der Waals surface area contributed by atoms with Crippen molar-refractivity contribution in [3.8, 4) is 5.69 Å². The first-order chi connectivity index (χ1) is 8.80. The average molecular weight is 269 g/mol. The van der Waals surface area contributed by atoms with Crippen molar-refractivity contribution in [1.29, 1.82) is 0 Å². The van der Waals surface area contributed by atoms with E-state index in [1.54, 1.807) is 0 Å². The highest BCUT2D eigenvalue weighted by molar-refractivity contribution is 5.98. The molecule has 19 heavy (non-hydrogen) atoms. The second-order valence-corrected chi connectivity index (χ2v) is 3.96. The molecule has 0 fully saturated rings. The fourth-order valence-electron chi connectivity index (χ4n) is 1.65. The van der Waals surface area contributed by atoms with Crippen molar-refractivity contribution < 1.29 is 18.0 Å². The van der Waals surface area contributed by atoms with Gasteiger partial charge in [-0.3, -0.25) is 4.79 Å². The molecule has 0 aliphatic carbocycles. The fraction of sp³-hybridized carbons (Fsp3) is 0.167. The van der Waals surface area contributed by atoms with Crippen LogP contribution < -0.4 is 5.73 Å². The summed E-state index contributed by atoms with van der Waals surface area (Å²) in [6, 6.07) is 4.57. The molecule has 0 saturated heterocycles. The van der Waals surface area contributed by atoms with Gasteiger partial charge < -0.3 is 5.73 Å². The Bertz CT molecular complexity index is 631. The van der Waals surface area contributed by atoms with Gasteiger partial charge in [0.25, 0.3) is 0 Å². The molecule has 100 valence electrons. The lowest BCUT2D eigenvalue weighted by atomic mass is 10.2. The van der Waals surface area contributed by atoms with Crippen molar-refractivity contribution in [2.45, 2.75) is 13.1 Å². The Morgan fingerprint density at radius 1 is 1.37 bits per heavy atom. The standard InChI is InChI=1S/C12H10F3N3O/c1-7(19)10-6-17-18(11(10)16)9-4-2-3-8(5-9)12(13,14)15/h2-6H,16H2,1H3. The number of nitrogens with two attached hydrogens (primary N) is 1. The number of ketones is 1. The summed E-state index contributed by atoms with van der Waals surface area (Å²) >= 11 is 0. The Hall–Kier alpha value is -2.31. The summed E-state index contributed by atoms with van der Waals surface area (Å²) in [6.45, 7) is 1.31. The summed E-state index contributed by atoms with van der Waals surface area (Å²) in [5, 5.41) is 3.83. The molecule has 0 radical (unpaired) electrons. The highest BCUT2D eigenvalue weighted by atomic mass is 19.4. The molecule has 0 unspecified atom stereocenters. The zero-order valence-corrected chi connectivity index (χ0v) is 9.90. The summed E-state index contributed by atoms with van der Waals surface area (Å²) in [6.07, 6.45) is -3.21. The minimum atomic E-state index is -4.44. The first-order valence-electron chi connectivity index (χ1n) is 5.33. The molecule has 1 aromatic heterocycles. The number of aromatic nitrogens is 2. The molecule has 1 aromatic carbocycles. The molecule has 7 heteroatoms. The van der Waals surface area contributed by atoms with E-state index in [2.05, 4.69) is 5.10 Å². The third kappa shape index (κ3) is 2.44. The van der Waals surface area contributed by atoms with Crippen LogP contribution in [-0.4, -0.2) is 15.6 Å². The predicted molar refractivity (Wildman–Crippen MR) is 63.0 cm³/mol. The molecular weight excluding hydrogens is 259 g/mol.